The molecule has 0 heterocycles. The van der Waals surface area contributed by atoms with Gasteiger partial charge in [0, 0.05) is 0 Å². The van der Waals surface area contributed by atoms with Crippen LogP contribution in [-0.4, -0.2) is 23.3 Å². The molecule has 1 aromatic carbocycles. The van der Waals surface area contributed by atoms with Crippen LogP contribution in [0.25, 0.3) is 0 Å². The molecule has 0 amide bonds. The van der Waals surface area contributed by atoms with Crippen LogP contribution in [0.1, 0.15) is 17.9 Å². The molecule has 1 aliphatic carbocycles. The Labute approximate surface area is 87.1 Å². The topological polar surface area (TPSA) is 66.8 Å². The smallest absolute Gasteiger partial charge is 0.307 e. The minimum Gasteiger partial charge on any atom is -0.504 e. The maximum atomic E-state index is 10.7. The number of carboxylic acid groups (broad SMARTS) is 1. The summed E-state index contributed by atoms with van der Waals surface area (Å²) < 4.78 is 4.91. The van der Waals surface area contributed by atoms with Crippen molar-refractivity contribution in [2.45, 2.75) is 12.3 Å². The molecule has 0 aliphatic heterocycles. The van der Waals surface area contributed by atoms with E-state index in [-0.39, 0.29) is 17.6 Å². The molecule has 4 heteroatoms. The SMILES string of the molecule is COc1ccc(C2CC2C(=O)O)cc1O. The number of benzene rings is 1. The fourth-order valence-corrected chi connectivity index (χ4v) is 1.77. The summed E-state index contributed by atoms with van der Waals surface area (Å²) in [4.78, 5) is 10.7. The molecule has 4 nitrogen and oxygen atoms in total. The summed E-state index contributed by atoms with van der Waals surface area (Å²) >= 11 is 0. The van der Waals surface area contributed by atoms with Crippen molar-refractivity contribution in [2.24, 2.45) is 5.92 Å². The van der Waals surface area contributed by atoms with Crippen LogP contribution in [0.4, 0.5) is 0 Å². The number of ether oxygens (including phenoxy) is 1. The monoisotopic (exact) mass is 208 g/mol. The number of carboxylic acids is 1. The molecule has 2 rings (SSSR count). The summed E-state index contributed by atoms with van der Waals surface area (Å²) in [6, 6.07) is 5.03. The molecule has 80 valence electrons. The Balaban J connectivity index is 2.18. The van der Waals surface area contributed by atoms with Crippen LogP contribution < -0.4 is 4.74 Å². The van der Waals surface area contributed by atoms with Gasteiger partial charge in [-0.15, -0.1) is 0 Å². The number of phenolic OH excluding ortho intramolecular Hbond substituents is 1. The summed E-state index contributed by atoms with van der Waals surface area (Å²) in [5, 5.41) is 18.3. The fraction of sp³-hybridized carbons (Fsp3) is 0.364. The first-order valence-corrected chi connectivity index (χ1v) is 4.73. The summed E-state index contributed by atoms with van der Waals surface area (Å²) in [6.45, 7) is 0. The Hall–Kier alpha value is -1.71. The number of hydrogen-bond donors (Lipinski definition) is 2. The lowest BCUT2D eigenvalue weighted by atomic mass is 10.1. The van der Waals surface area contributed by atoms with Gasteiger partial charge in [0.1, 0.15) is 0 Å². The van der Waals surface area contributed by atoms with Crippen LogP contribution in [0.3, 0.4) is 0 Å². The van der Waals surface area contributed by atoms with E-state index in [0.717, 1.165) is 5.56 Å². The van der Waals surface area contributed by atoms with E-state index in [9.17, 15) is 9.90 Å². The molecule has 1 fully saturated rings. The molecule has 0 spiro atoms. The number of methoxy groups -OCH3 is 1. The predicted molar refractivity (Wildman–Crippen MR) is 53.1 cm³/mol. The summed E-state index contributed by atoms with van der Waals surface area (Å²) in [7, 11) is 1.48. The number of phenols is 1. The van der Waals surface area contributed by atoms with Gasteiger partial charge in [-0.25, -0.2) is 0 Å². The first-order chi connectivity index (χ1) is 7.13. The highest BCUT2D eigenvalue weighted by Crippen LogP contribution is 2.48. The van der Waals surface area contributed by atoms with Gasteiger partial charge in [-0.1, -0.05) is 6.07 Å². The molecule has 0 saturated heterocycles. The molecule has 2 N–H and O–H groups in total. The molecular formula is C11H12O4. The first kappa shape index (κ1) is 9.83. The summed E-state index contributed by atoms with van der Waals surface area (Å²) in [6.07, 6.45) is 0.654. The van der Waals surface area contributed by atoms with Crippen LogP contribution >= 0.6 is 0 Å². The molecule has 2 atom stereocenters. The van der Waals surface area contributed by atoms with Crippen molar-refractivity contribution in [1.82, 2.24) is 0 Å². The highest BCUT2D eigenvalue weighted by atomic mass is 16.5. The molecule has 1 aromatic rings. The fourth-order valence-electron chi connectivity index (χ4n) is 1.77. The Morgan fingerprint density at radius 3 is 2.73 bits per heavy atom. The second-order valence-electron chi connectivity index (χ2n) is 3.72. The predicted octanol–water partition coefficient (Wildman–Crippen LogP) is 1.59. The van der Waals surface area contributed by atoms with E-state index in [0.29, 0.717) is 12.2 Å². The van der Waals surface area contributed by atoms with Gasteiger partial charge in [-0.3, -0.25) is 4.79 Å². The van der Waals surface area contributed by atoms with Crippen molar-refractivity contribution in [2.75, 3.05) is 7.11 Å². The van der Waals surface area contributed by atoms with Gasteiger partial charge in [0.05, 0.1) is 13.0 Å². The van der Waals surface area contributed by atoms with Crippen molar-refractivity contribution in [3.63, 3.8) is 0 Å². The zero-order valence-electron chi connectivity index (χ0n) is 8.30. The van der Waals surface area contributed by atoms with Gasteiger partial charge >= 0.3 is 5.97 Å². The van der Waals surface area contributed by atoms with Crippen molar-refractivity contribution in [1.29, 1.82) is 0 Å². The highest BCUT2D eigenvalue weighted by Gasteiger charge is 2.44. The number of hydrogen-bond acceptors (Lipinski definition) is 3. The molecule has 0 radical (unpaired) electrons. The minimum absolute atomic E-state index is 0.0410. The van der Waals surface area contributed by atoms with Crippen LogP contribution in [0.2, 0.25) is 0 Å². The summed E-state index contributed by atoms with van der Waals surface area (Å²) in [5.41, 5.74) is 0.862. The van der Waals surface area contributed by atoms with E-state index < -0.39 is 5.97 Å². The maximum Gasteiger partial charge on any atom is 0.307 e. The van der Waals surface area contributed by atoms with Crippen molar-refractivity contribution < 1.29 is 19.7 Å². The van der Waals surface area contributed by atoms with Crippen LogP contribution in [0.15, 0.2) is 18.2 Å². The van der Waals surface area contributed by atoms with E-state index in [4.69, 9.17) is 9.84 Å². The van der Waals surface area contributed by atoms with Gasteiger partial charge in [-0.05, 0) is 30.0 Å². The lowest BCUT2D eigenvalue weighted by molar-refractivity contribution is -0.138. The Kier molecular flexibility index (Phi) is 2.26. The Morgan fingerprint density at radius 1 is 1.53 bits per heavy atom. The lowest BCUT2D eigenvalue weighted by Crippen LogP contribution is -1.98. The van der Waals surface area contributed by atoms with Gasteiger partial charge in [0.25, 0.3) is 0 Å². The van der Waals surface area contributed by atoms with Crippen LogP contribution in [0.5, 0.6) is 11.5 Å². The zero-order chi connectivity index (χ0) is 11.0. The largest absolute Gasteiger partial charge is 0.504 e. The third-order valence-corrected chi connectivity index (χ3v) is 2.74. The third-order valence-electron chi connectivity index (χ3n) is 2.74. The Bertz CT molecular complexity index is 400. The van der Waals surface area contributed by atoms with Crippen molar-refractivity contribution in [3.8, 4) is 11.5 Å². The van der Waals surface area contributed by atoms with Gasteiger partial charge in [-0.2, -0.15) is 0 Å². The standard InChI is InChI=1S/C11H12O4/c1-15-10-3-2-6(4-9(10)12)7-5-8(7)11(13)14/h2-4,7-8,12H,5H2,1H3,(H,13,14). The van der Waals surface area contributed by atoms with Gasteiger partial charge < -0.3 is 14.9 Å². The van der Waals surface area contributed by atoms with E-state index in [1.54, 1.807) is 18.2 Å². The van der Waals surface area contributed by atoms with Crippen molar-refractivity contribution in [3.05, 3.63) is 23.8 Å². The molecule has 2 unspecified atom stereocenters. The Morgan fingerprint density at radius 2 is 2.27 bits per heavy atom. The number of aliphatic carboxylic acids is 1. The molecule has 15 heavy (non-hydrogen) atoms. The van der Waals surface area contributed by atoms with Gasteiger partial charge in [0.15, 0.2) is 11.5 Å². The van der Waals surface area contributed by atoms with Gasteiger partial charge in [0.2, 0.25) is 0 Å². The number of aromatic hydroxyl groups is 1. The van der Waals surface area contributed by atoms with E-state index in [2.05, 4.69) is 0 Å². The second kappa shape index (κ2) is 3.46. The van der Waals surface area contributed by atoms with E-state index in [1.807, 2.05) is 0 Å². The highest BCUT2D eigenvalue weighted by molar-refractivity contribution is 5.75. The average molecular weight is 208 g/mol. The van der Waals surface area contributed by atoms with Crippen LogP contribution in [0, 0.1) is 5.92 Å². The average Bonchev–Trinajstić information content (AvgIpc) is 2.97. The first-order valence-electron chi connectivity index (χ1n) is 4.73. The second-order valence-corrected chi connectivity index (χ2v) is 3.72. The quantitative estimate of drug-likeness (QED) is 0.791. The molecule has 1 saturated carbocycles. The van der Waals surface area contributed by atoms with Crippen LogP contribution in [-0.2, 0) is 4.79 Å². The molecule has 1 aliphatic rings. The normalized spacial score (nSPS) is 23.5. The van der Waals surface area contributed by atoms with E-state index in [1.165, 1.54) is 7.11 Å². The molecule has 0 bridgehead atoms. The molecular weight excluding hydrogens is 196 g/mol. The third kappa shape index (κ3) is 1.75. The number of carbonyl (C=O) groups is 1. The zero-order valence-corrected chi connectivity index (χ0v) is 8.30. The van der Waals surface area contributed by atoms with E-state index >= 15 is 0 Å². The minimum atomic E-state index is -0.768. The summed E-state index contributed by atoms with van der Waals surface area (Å²) in [5.74, 6) is -0.551. The maximum absolute atomic E-state index is 10.7. The lowest BCUT2D eigenvalue weighted by Gasteiger charge is -2.05. The molecule has 0 aromatic heterocycles. The van der Waals surface area contributed by atoms with Crippen molar-refractivity contribution >= 4 is 5.97 Å². The number of rotatable bonds is 3.